The van der Waals surface area contributed by atoms with Crippen LogP contribution in [0.25, 0.3) is 22.1 Å². The van der Waals surface area contributed by atoms with Crippen molar-refractivity contribution in [2.24, 2.45) is 0 Å². The quantitative estimate of drug-likeness (QED) is 0.453. The maximum atomic E-state index is 12.2. The largest absolute Gasteiger partial charge is 0.452 e. The van der Waals surface area contributed by atoms with E-state index in [1.54, 1.807) is 0 Å². The standard InChI is InChI=1S/C15H8O2/c16-14-10-6-2-1-5-9(10)13-11-7-3-4-8-12(11)17-15(13)14/h1-8H. The minimum atomic E-state index is -0.00759. The van der Waals surface area contributed by atoms with Crippen LogP contribution in [-0.2, 0) is 0 Å². The first kappa shape index (κ1) is 8.76. The van der Waals surface area contributed by atoms with E-state index in [1.165, 1.54) is 0 Å². The summed E-state index contributed by atoms with van der Waals surface area (Å²) in [7, 11) is 0. The van der Waals surface area contributed by atoms with Gasteiger partial charge in [-0.15, -0.1) is 0 Å². The lowest BCUT2D eigenvalue weighted by molar-refractivity contribution is 0.102. The molecule has 0 unspecified atom stereocenters. The molecule has 4 rings (SSSR count). The number of carbonyl (C=O) groups is 1. The third-order valence-corrected chi connectivity index (χ3v) is 3.24. The second-order valence-electron chi connectivity index (χ2n) is 4.18. The van der Waals surface area contributed by atoms with Gasteiger partial charge in [0, 0.05) is 16.5 Å². The van der Waals surface area contributed by atoms with Crippen molar-refractivity contribution in [3.05, 3.63) is 59.9 Å². The number of rotatable bonds is 0. The molecular weight excluding hydrogens is 212 g/mol. The van der Waals surface area contributed by atoms with Crippen molar-refractivity contribution in [3.63, 3.8) is 0 Å². The summed E-state index contributed by atoms with van der Waals surface area (Å²) in [5.41, 5.74) is 3.45. The molecule has 0 atom stereocenters. The highest BCUT2D eigenvalue weighted by molar-refractivity contribution is 6.24. The van der Waals surface area contributed by atoms with E-state index < -0.39 is 0 Å². The normalized spacial score (nSPS) is 12.8. The van der Waals surface area contributed by atoms with E-state index in [0.29, 0.717) is 5.76 Å². The van der Waals surface area contributed by atoms with Gasteiger partial charge >= 0.3 is 0 Å². The summed E-state index contributed by atoms with van der Waals surface area (Å²) in [6.07, 6.45) is 0. The van der Waals surface area contributed by atoms with Crippen molar-refractivity contribution in [1.29, 1.82) is 0 Å². The second kappa shape index (κ2) is 2.86. The molecule has 0 saturated heterocycles. The van der Waals surface area contributed by atoms with E-state index >= 15 is 0 Å². The van der Waals surface area contributed by atoms with Gasteiger partial charge in [0.2, 0.25) is 5.78 Å². The molecule has 0 bridgehead atoms. The summed E-state index contributed by atoms with van der Waals surface area (Å²) in [6.45, 7) is 0. The molecule has 0 fully saturated rings. The van der Waals surface area contributed by atoms with Crippen molar-refractivity contribution in [1.82, 2.24) is 0 Å². The van der Waals surface area contributed by atoms with Crippen LogP contribution in [0.15, 0.2) is 52.9 Å². The number of para-hydroxylation sites is 1. The number of ketones is 1. The molecule has 1 aliphatic rings. The van der Waals surface area contributed by atoms with E-state index in [1.807, 2.05) is 48.5 Å². The van der Waals surface area contributed by atoms with Crippen LogP contribution in [0.3, 0.4) is 0 Å². The van der Waals surface area contributed by atoms with Crippen LogP contribution in [0, 0.1) is 0 Å². The van der Waals surface area contributed by atoms with Gasteiger partial charge in [0.05, 0.1) is 0 Å². The highest BCUT2D eigenvalue weighted by Gasteiger charge is 2.31. The number of carbonyl (C=O) groups excluding carboxylic acids is 1. The van der Waals surface area contributed by atoms with Crippen LogP contribution in [0.5, 0.6) is 0 Å². The zero-order valence-corrected chi connectivity index (χ0v) is 8.94. The van der Waals surface area contributed by atoms with Gasteiger partial charge in [-0.1, -0.05) is 42.5 Å². The zero-order chi connectivity index (χ0) is 11.4. The first-order chi connectivity index (χ1) is 8.36. The molecule has 2 heteroatoms. The molecule has 0 spiro atoms. The van der Waals surface area contributed by atoms with Gasteiger partial charge in [-0.2, -0.15) is 0 Å². The molecule has 2 nitrogen and oxygen atoms in total. The van der Waals surface area contributed by atoms with Gasteiger partial charge in [-0.25, -0.2) is 0 Å². The van der Waals surface area contributed by atoms with Gasteiger partial charge < -0.3 is 4.42 Å². The average molecular weight is 220 g/mol. The Morgan fingerprint density at radius 3 is 2.41 bits per heavy atom. The highest BCUT2D eigenvalue weighted by atomic mass is 16.3. The molecule has 1 aliphatic carbocycles. The fourth-order valence-corrected chi connectivity index (χ4v) is 2.49. The molecule has 2 aromatic carbocycles. The third-order valence-electron chi connectivity index (χ3n) is 3.24. The minimum absolute atomic E-state index is 0.00759. The molecule has 80 valence electrons. The fraction of sp³-hybridized carbons (Fsp3) is 0. The minimum Gasteiger partial charge on any atom is -0.452 e. The lowest BCUT2D eigenvalue weighted by atomic mass is 10.0. The SMILES string of the molecule is O=C1c2ccccc2-c2c1oc1ccccc21. The molecule has 1 heterocycles. The maximum absolute atomic E-state index is 12.2. The number of hydrogen-bond acceptors (Lipinski definition) is 2. The Labute approximate surface area is 97.5 Å². The van der Waals surface area contributed by atoms with Crippen LogP contribution >= 0.6 is 0 Å². The van der Waals surface area contributed by atoms with Crippen LogP contribution in [0.2, 0.25) is 0 Å². The molecule has 0 saturated carbocycles. The van der Waals surface area contributed by atoms with Gasteiger partial charge in [0.1, 0.15) is 5.58 Å². The monoisotopic (exact) mass is 220 g/mol. The molecule has 3 aromatic rings. The lowest BCUT2D eigenvalue weighted by Crippen LogP contribution is -1.92. The molecule has 1 aromatic heterocycles. The van der Waals surface area contributed by atoms with E-state index in [0.717, 1.165) is 27.7 Å². The van der Waals surface area contributed by atoms with E-state index in [4.69, 9.17) is 4.42 Å². The Bertz CT molecular complexity index is 765. The molecule has 0 amide bonds. The molecule has 0 N–H and O–H groups in total. The average Bonchev–Trinajstić information content (AvgIpc) is 2.88. The summed E-state index contributed by atoms with van der Waals surface area (Å²) < 4.78 is 5.66. The van der Waals surface area contributed by atoms with Gasteiger partial charge in [-0.3, -0.25) is 4.79 Å². The zero-order valence-electron chi connectivity index (χ0n) is 8.94. The molecule has 0 radical (unpaired) electrons. The Hall–Kier alpha value is -2.35. The second-order valence-corrected chi connectivity index (χ2v) is 4.18. The van der Waals surface area contributed by atoms with Crippen LogP contribution in [-0.4, -0.2) is 5.78 Å². The Morgan fingerprint density at radius 1 is 0.824 bits per heavy atom. The summed E-state index contributed by atoms with van der Waals surface area (Å²) in [5.74, 6) is 0.471. The number of fused-ring (bicyclic) bond motifs is 5. The first-order valence-electron chi connectivity index (χ1n) is 5.52. The van der Waals surface area contributed by atoms with E-state index in [2.05, 4.69) is 0 Å². The first-order valence-corrected chi connectivity index (χ1v) is 5.52. The van der Waals surface area contributed by atoms with Crippen LogP contribution in [0.4, 0.5) is 0 Å². The Morgan fingerprint density at radius 2 is 1.53 bits per heavy atom. The maximum Gasteiger partial charge on any atom is 0.229 e. The predicted octanol–water partition coefficient (Wildman–Crippen LogP) is 3.64. The van der Waals surface area contributed by atoms with Crippen LogP contribution < -0.4 is 0 Å². The van der Waals surface area contributed by atoms with Gasteiger partial charge in [-0.05, 0) is 11.6 Å². The highest BCUT2D eigenvalue weighted by Crippen LogP contribution is 2.42. The summed E-state index contributed by atoms with van der Waals surface area (Å²) in [4.78, 5) is 12.2. The van der Waals surface area contributed by atoms with Crippen molar-refractivity contribution in [3.8, 4) is 11.1 Å². The number of furan rings is 1. The molecular formula is C15H8O2. The molecule has 0 aliphatic heterocycles. The van der Waals surface area contributed by atoms with Crippen LogP contribution in [0.1, 0.15) is 16.1 Å². The topological polar surface area (TPSA) is 30.2 Å². The predicted molar refractivity (Wildman–Crippen MR) is 65.1 cm³/mol. The smallest absolute Gasteiger partial charge is 0.229 e. The summed E-state index contributed by atoms with van der Waals surface area (Å²) in [5, 5.41) is 1.01. The lowest BCUT2D eigenvalue weighted by Gasteiger charge is -1.97. The molecule has 17 heavy (non-hydrogen) atoms. The van der Waals surface area contributed by atoms with E-state index in [9.17, 15) is 4.79 Å². The number of benzene rings is 2. The number of hydrogen-bond donors (Lipinski definition) is 0. The third kappa shape index (κ3) is 0.972. The van der Waals surface area contributed by atoms with Gasteiger partial charge in [0.25, 0.3) is 0 Å². The van der Waals surface area contributed by atoms with Crippen molar-refractivity contribution in [2.75, 3.05) is 0 Å². The van der Waals surface area contributed by atoms with E-state index in [-0.39, 0.29) is 5.78 Å². The fourth-order valence-electron chi connectivity index (χ4n) is 2.49. The summed E-state index contributed by atoms with van der Waals surface area (Å²) >= 11 is 0. The Balaban J connectivity index is 2.22. The van der Waals surface area contributed by atoms with Crippen molar-refractivity contribution < 1.29 is 9.21 Å². The van der Waals surface area contributed by atoms with Gasteiger partial charge in [0.15, 0.2) is 5.76 Å². The summed E-state index contributed by atoms with van der Waals surface area (Å²) in [6, 6.07) is 15.4. The van der Waals surface area contributed by atoms with Crippen molar-refractivity contribution >= 4 is 16.8 Å². The van der Waals surface area contributed by atoms with Crippen molar-refractivity contribution in [2.45, 2.75) is 0 Å². The Kier molecular flexibility index (Phi) is 1.47.